The van der Waals surface area contributed by atoms with Crippen molar-refractivity contribution in [3.8, 4) is 5.69 Å². The predicted molar refractivity (Wildman–Crippen MR) is 117 cm³/mol. The fourth-order valence-electron chi connectivity index (χ4n) is 3.46. The van der Waals surface area contributed by atoms with Gasteiger partial charge in [0, 0.05) is 5.02 Å². The number of hydrogen-bond acceptors (Lipinski definition) is 4. The minimum atomic E-state index is -0.574. The zero-order valence-corrected chi connectivity index (χ0v) is 17.7. The van der Waals surface area contributed by atoms with Crippen molar-refractivity contribution in [2.45, 2.75) is 20.4 Å². The number of aromatic nitrogens is 2. The Bertz CT molecular complexity index is 1420. The van der Waals surface area contributed by atoms with Crippen molar-refractivity contribution in [2.75, 3.05) is 0 Å². The van der Waals surface area contributed by atoms with Gasteiger partial charge in [-0.15, -0.1) is 11.3 Å². The van der Waals surface area contributed by atoms with Crippen molar-refractivity contribution in [3.05, 3.63) is 96.2 Å². The zero-order chi connectivity index (χ0) is 21.6. The number of halogens is 2. The maximum Gasteiger partial charge on any atom is 0.337 e. The van der Waals surface area contributed by atoms with Gasteiger partial charge in [-0.1, -0.05) is 23.7 Å². The topological polar surface area (TPSA) is 61.1 Å². The van der Waals surface area contributed by atoms with E-state index in [0.717, 1.165) is 15.9 Å². The number of carbonyl (C=O) groups is 1. The summed E-state index contributed by atoms with van der Waals surface area (Å²) in [4.78, 5) is 39.6. The first-order valence-corrected chi connectivity index (χ1v) is 10.3. The zero-order valence-electron chi connectivity index (χ0n) is 16.1. The van der Waals surface area contributed by atoms with Crippen LogP contribution in [0.25, 0.3) is 15.9 Å². The van der Waals surface area contributed by atoms with Gasteiger partial charge in [-0.3, -0.25) is 14.2 Å². The van der Waals surface area contributed by atoms with Crippen molar-refractivity contribution < 1.29 is 9.18 Å². The van der Waals surface area contributed by atoms with Gasteiger partial charge in [0.25, 0.3) is 5.56 Å². The highest BCUT2D eigenvalue weighted by molar-refractivity contribution is 7.20. The van der Waals surface area contributed by atoms with Crippen molar-refractivity contribution in [2.24, 2.45) is 0 Å². The lowest BCUT2D eigenvalue weighted by Crippen LogP contribution is -2.38. The third-order valence-electron chi connectivity index (χ3n) is 4.85. The number of carbonyl (C=O) groups excluding carboxylic acids is 1. The summed E-state index contributed by atoms with van der Waals surface area (Å²) < 4.78 is 16.2. The maximum atomic E-state index is 13.7. The molecule has 4 rings (SSSR count). The average Bonchev–Trinajstić information content (AvgIpc) is 3.04. The number of nitrogens with zero attached hydrogens (tertiary/aromatic N) is 2. The largest absolute Gasteiger partial charge is 0.337 e. The van der Waals surface area contributed by atoms with Crippen LogP contribution in [0.4, 0.5) is 4.39 Å². The molecule has 0 spiro atoms. The minimum Gasteiger partial charge on any atom is -0.294 e. The van der Waals surface area contributed by atoms with Crippen LogP contribution < -0.4 is 11.2 Å². The first-order chi connectivity index (χ1) is 14.3. The number of hydrogen-bond donors (Lipinski definition) is 0. The van der Waals surface area contributed by atoms with E-state index in [1.54, 1.807) is 43.3 Å². The number of Topliss-reactive ketones (excluding diaryl/α,β-unsaturated/α-hetero) is 1. The van der Waals surface area contributed by atoms with Gasteiger partial charge >= 0.3 is 5.69 Å². The molecule has 2 heterocycles. The van der Waals surface area contributed by atoms with E-state index in [1.807, 2.05) is 0 Å². The van der Waals surface area contributed by atoms with Crippen molar-refractivity contribution >= 4 is 38.9 Å². The second-order valence-electron chi connectivity index (χ2n) is 6.91. The van der Waals surface area contributed by atoms with E-state index in [-0.39, 0.29) is 12.3 Å². The summed E-state index contributed by atoms with van der Waals surface area (Å²) in [6.07, 6.45) is 0. The lowest BCUT2D eigenvalue weighted by molar-refractivity contribution is 0.102. The lowest BCUT2D eigenvalue weighted by atomic mass is 10.1. The molecule has 0 fully saturated rings. The summed E-state index contributed by atoms with van der Waals surface area (Å²) in [6, 6.07) is 12.3. The number of thiophene rings is 1. The molecule has 0 aliphatic carbocycles. The Balaban J connectivity index is 2.09. The standard InChI is InChI=1S/C22H16ClFN2O3S/c1-12-18-20(28)26(17-8-6-15(23)7-9-17)22(29)25(21(18)30-19(12)13(2)27)11-14-4-3-5-16(24)10-14/h3-10H,11H2,1-2H3. The van der Waals surface area contributed by atoms with Crippen molar-refractivity contribution in [1.82, 2.24) is 9.13 Å². The van der Waals surface area contributed by atoms with Crippen LogP contribution in [0.2, 0.25) is 5.02 Å². The van der Waals surface area contributed by atoms with E-state index in [0.29, 0.717) is 36.9 Å². The molecule has 0 aliphatic heterocycles. The Morgan fingerprint density at radius 3 is 2.47 bits per heavy atom. The lowest BCUT2D eigenvalue weighted by Gasteiger charge is -2.12. The molecule has 0 atom stereocenters. The summed E-state index contributed by atoms with van der Waals surface area (Å²) in [5.74, 6) is -0.606. The summed E-state index contributed by atoms with van der Waals surface area (Å²) >= 11 is 7.05. The smallest absolute Gasteiger partial charge is 0.294 e. The molecule has 8 heteroatoms. The summed E-state index contributed by atoms with van der Waals surface area (Å²) in [7, 11) is 0. The molecule has 0 aliphatic rings. The Labute approximate surface area is 179 Å². The predicted octanol–water partition coefficient (Wildman–Crippen LogP) is 4.57. The number of ketones is 1. The molecule has 4 aromatic rings. The monoisotopic (exact) mass is 442 g/mol. The van der Waals surface area contributed by atoms with Crippen LogP contribution >= 0.6 is 22.9 Å². The van der Waals surface area contributed by atoms with Crippen molar-refractivity contribution in [3.63, 3.8) is 0 Å². The first-order valence-electron chi connectivity index (χ1n) is 9.08. The highest BCUT2D eigenvalue weighted by Gasteiger charge is 2.22. The quantitative estimate of drug-likeness (QED) is 0.435. The van der Waals surface area contributed by atoms with Gasteiger partial charge in [0.15, 0.2) is 5.78 Å². The SMILES string of the molecule is CC(=O)c1sc2c(c1C)c(=O)n(-c1ccc(Cl)cc1)c(=O)n2Cc1cccc(F)c1. The molecule has 152 valence electrons. The van der Waals surface area contributed by atoms with Gasteiger partial charge in [-0.05, 0) is 61.4 Å². The van der Waals surface area contributed by atoms with Crippen LogP contribution in [0, 0.1) is 12.7 Å². The normalized spacial score (nSPS) is 11.2. The molecule has 5 nitrogen and oxygen atoms in total. The van der Waals surface area contributed by atoms with Gasteiger partial charge in [0.2, 0.25) is 0 Å². The second-order valence-corrected chi connectivity index (χ2v) is 8.34. The van der Waals surface area contributed by atoms with E-state index in [9.17, 15) is 18.8 Å². The van der Waals surface area contributed by atoms with Gasteiger partial charge < -0.3 is 0 Å². The van der Waals surface area contributed by atoms with E-state index < -0.39 is 17.1 Å². The first kappa shape index (κ1) is 20.3. The molecule has 0 N–H and O–H groups in total. The summed E-state index contributed by atoms with van der Waals surface area (Å²) in [5, 5.41) is 0.773. The molecule has 0 radical (unpaired) electrons. The van der Waals surface area contributed by atoms with E-state index in [4.69, 9.17) is 11.6 Å². The Morgan fingerprint density at radius 1 is 1.13 bits per heavy atom. The minimum absolute atomic E-state index is 0.0538. The molecule has 0 amide bonds. The Hall–Kier alpha value is -3.03. The van der Waals surface area contributed by atoms with E-state index in [1.165, 1.54) is 23.6 Å². The molecule has 0 bridgehead atoms. The van der Waals surface area contributed by atoms with Crippen LogP contribution in [0.5, 0.6) is 0 Å². The number of fused-ring (bicyclic) bond motifs is 1. The molecule has 2 aromatic carbocycles. The fraction of sp³-hybridized carbons (Fsp3) is 0.136. The fourth-order valence-corrected chi connectivity index (χ4v) is 4.77. The van der Waals surface area contributed by atoms with Gasteiger partial charge in [-0.2, -0.15) is 0 Å². The van der Waals surface area contributed by atoms with Crippen LogP contribution in [0.3, 0.4) is 0 Å². The number of aryl methyl sites for hydroxylation is 1. The molecule has 0 saturated carbocycles. The van der Waals surface area contributed by atoms with Crippen LogP contribution in [-0.4, -0.2) is 14.9 Å². The highest BCUT2D eigenvalue weighted by atomic mass is 35.5. The molecule has 0 unspecified atom stereocenters. The molecule has 0 saturated heterocycles. The molecule has 30 heavy (non-hydrogen) atoms. The molecular weight excluding hydrogens is 427 g/mol. The highest BCUT2D eigenvalue weighted by Crippen LogP contribution is 2.29. The molecular formula is C22H16ClFN2O3S. The van der Waals surface area contributed by atoms with Crippen LogP contribution in [0.15, 0.2) is 58.1 Å². The molecule has 2 aromatic heterocycles. The average molecular weight is 443 g/mol. The number of benzene rings is 2. The van der Waals surface area contributed by atoms with Gasteiger partial charge in [0.1, 0.15) is 10.6 Å². The van der Waals surface area contributed by atoms with Gasteiger partial charge in [0.05, 0.1) is 22.5 Å². The summed E-state index contributed by atoms with van der Waals surface area (Å²) in [5.41, 5.74) is 0.377. The van der Waals surface area contributed by atoms with E-state index in [2.05, 4.69) is 0 Å². The number of rotatable bonds is 4. The van der Waals surface area contributed by atoms with Gasteiger partial charge in [-0.25, -0.2) is 13.8 Å². The van der Waals surface area contributed by atoms with Crippen LogP contribution in [-0.2, 0) is 6.54 Å². The van der Waals surface area contributed by atoms with Crippen molar-refractivity contribution in [1.29, 1.82) is 0 Å². The van der Waals surface area contributed by atoms with E-state index >= 15 is 0 Å². The summed E-state index contributed by atoms with van der Waals surface area (Å²) in [6.45, 7) is 3.17. The Morgan fingerprint density at radius 2 is 1.83 bits per heavy atom. The van der Waals surface area contributed by atoms with Crippen LogP contribution in [0.1, 0.15) is 27.7 Å². The second kappa shape index (κ2) is 7.66. The maximum absolute atomic E-state index is 13.7. The third-order valence-corrected chi connectivity index (χ3v) is 6.51. The third kappa shape index (κ3) is 3.40. The Kier molecular flexibility index (Phi) is 5.17.